The molecular weight excluding hydrogens is 324 g/mol. The molecule has 0 aliphatic carbocycles. The number of rotatable bonds is 4. The lowest BCUT2D eigenvalue weighted by Gasteiger charge is -2.27. The molecule has 2 aliphatic heterocycles. The van der Waals surface area contributed by atoms with Gasteiger partial charge in [-0.2, -0.15) is 0 Å². The second-order valence-corrected chi connectivity index (χ2v) is 5.57. The summed E-state index contributed by atoms with van der Waals surface area (Å²) < 4.78 is 5.34. The van der Waals surface area contributed by atoms with Crippen LogP contribution >= 0.6 is 11.6 Å². The van der Waals surface area contributed by atoms with Gasteiger partial charge in [-0.25, -0.2) is 0 Å². The van der Waals surface area contributed by atoms with Crippen LogP contribution in [0.25, 0.3) is 0 Å². The molecule has 1 saturated heterocycles. The topological polar surface area (TPSA) is 92.8 Å². The van der Waals surface area contributed by atoms with Gasteiger partial charge in [0.15, 0.2) is 0 Å². The highest BCUT2D eigenvalue weighted by Gasteiger charge is 2.44. The number of carbonyl (C=O) groups is 4. The van der Waals surface area contributed by atoms with E-state index in [0.29, 0.717) is 11.6 Å². The Morgan fingerprint density at radius 1 is 1.17 bits per heavy atom. The monoisotopic (exact) mass is 336 g/mol. The summed E-state index contributed by atoms with van der Waals surface area (Å²) in [5, 5.41) is 2.15. The summed E-state index contributed by atoms with van der Waals surface area (Å²) in [4.78, 5) is 49.0. The van der Waals surface area contributed by atoms with Crippen molar-refractivity contribution in [2.75, 3.05) is 12.5 Å². The van der Waals surface area contributed by atoms with Crippen molar-refractivity contribution in [3.8, 4) is 5.75 Å². The molecule has 0 spiro atoms. The van der Waals surface area contributed by atoms with Crippen LogP contribution in [0.15, 0.2) is 18.2 Å². The van der Waals surface area contributed by atoms with Crippen LogP contribution in [0.3, 0.4) is 0 Å². The number of carbonyl (C=O) groups excluding carboxylic acids is 4. The molecule has 1 fully saturated rings. The number of piperidine rings is 1. The fraction of sp³-hybridized carbons (Fsp3) is 0.333. The lowest BCUT2D eigenvalue weighted by Crippen LogP contribution is -2.54. The van der Waals surface area contributed by atoms with Crippen LogP contribution in [0.5, 0.6) is 5.75 Å². The van der Waals surface area contributed by atoms with E-state index in [1.54, 1.807) is 6.07 Å². The molecule has 1 aromatic rings. The highest BCUT2D eigenvalue weighted by molar-refractivity contribution is 6.23. The molecule has 23 heavy (non-hydrogen) atoms. The van der Waals surface area contributed by atoms with E-state index in [4.69, 9.17) is 16.3 Å². The predicted octanol–water partition coefficient (Wildman–Crippen LogP) is 0.705. The van der Waals surface area contributed by atoms with Crippen LogP contribution in [0.2, 0.25) is 0 Å². The van der Waals surface area contributed by atoms with Crippen LogP contribution < -0.4 is 10.1 Å². The Morgan fingerprint density at radius 2 is 1.91 bits per heavy atom. The third-order valence-corrected chi connectivity index (χ3v) is 3.91. The van der Waals surface area contributed by atoms with Crippen molar-refractivity contribution < 1.29 is 23.9 Å². The molecule has 1 unspecified atom stereocenters. The Kier molecular flexibility index (Phi) is 4.04. The maximum Gasteiger partial charge on any atom is 0.262 e. The average molecular weight is 337 g/mol. The standard InChI is InChI=1S/C15H13ClN2O5/c16-5-6-23-8-1-2-9-10(7-8)15(22)18(14(9)21)11-3-4-12(19)17-13(11)20/h1-2,7,11H,3-6H2,(H,17,19,20). The number of nitrogens with one attached hydrogen (secondary N) is 1. The van der Waals surface area contributed by atoms with Crippen molar-refractivity contribution in [3.63, 3.8) is 0 Å². The third-order valence-electron chi connectivity index (χ3n) is 3.76. The number of ether oxygens (including phenoxy) is 1. The van der Waals surface area contributed by atoms with Crippen molar-refractivity contribution in [2.24, 2.45) is 0 Å². The highest BCUT2D eigenvalue weighted by atomic mass is 35.5. The van der Waals surface area contributed by atoms with Gasteiger partial charge in [-0.05, 0) is 24.6 Å². The Labute approximate surface area is 136 Å². The molecule has 7 nitrogen and oxygen atoms in total. The lowest BCUT2D eigenvalue weighted by atomic mass is 10.0. The van der Waals surface area contributed by atoms with Gasteiger partial charge in [-0.1, -0.05) is 0 Å². The summed E-state index contributed by atoms with van der Waals surface area (Å²) in [6.07, 6.45) is 0.222. The van der Waals surface area contributed by atoms with E-state index in [0.717, 1.165) is 4.90 Å². The number of imide groups is 2. The van der Waals surface area contributed by atoms with E-state index in [-0.39, 0.29) is 30.6 Å². The minimum Gasteiger partial charge on any atom is -0.492 e. The molecule has 2 heterocycles. The molecule has 0 bridgehead atoms. The first-order valence-corrected chi connectivity index (χ1v) is 7.61. The van der Waals surface area contributed by atoms with Gasteiger partial charge in [0.05, 0.1) is 17.0 Å². The summed E-state index contributed by atoms with van der Waals surface area (Å²) in [6, 6.07) is 3.57. The number of alkyl halides is 1. The van der Waals surface area contributed by atoms with E-state index >= 15 is 0 Å². The summed E-state index contributed by atoms with van der Waals surface area (Å²) in [5.41, 5.74) is 0.407. The van der Waals surface area contributed by atoms with Gasteiger partial charge in [-0.15, -0.1) is 11.6 Å². The molecule has 1 N–H and O–H groups in total. The molecule has 1 aromatic carbocycles. The first kappa shape index (κ1) is 15.5. The molecule has 4 amide bonds. The van der Waals surface area contributed by atoms with Gasteiger partial charge in [0, 0.05) is 6.42 Å². The van der Waals surface area contributed by atoms with Gasteiger partial charge >= 0.3 is 0 Å². The minimum atomic E-state index is -0.965. The molecule has 0 saturated carbocycles. The van der Waals surface area contributed by atoms with Crippen molar-refractivity contribution in [1.29, 1.82) is 0 Å². The lowest BCUT2D eigenvalue weighted by molar-refractivity contribution is -0.136. The van der Waals surface area contributed by atoms with Crippen molar-refractivity contribution >= 4 is 35.2 Å². The van der Waals surface area contributed by atoms with Crippen LogP contribution in [-0.2, 0) is 9.59 Å². The first-order chi connectivity index (χ1) is 11.0. The van der Waals surface area contributed by atoms with Crippen molar-refractivity contribution in [3.05, 3.63) is 29.3 Å². The van der Waals surface area contributed by atoms with Crippen LogP contribution in [0.1, 0.15) is 33.6 Å². The third kappa shape index (κ3) is 2.68. The molecule has 3 rings (SSSR count). The zero-order valence-corrected chi connectivity index (χ0v) is 12.8. The second-order valence-electron chi connectivity index (χ2n) is 5.19. The number of fused-ring (bicyclic) bond motifs is 1. The zero-order valence-electron chi connectivity index (χ0n) is 12.0. The second kappa shape index (κ2) is 6.00. The molecule has 1 atom stereocenters. The van der Waals surface area contributed by atoms with Gasteiger partial charge in [-0.3, -0.25) is 29.4 Å². The molecular formula is C15H13ClN2O5. The predicted molar refractivity (Wildman–Crippen MR) is 79.3 cm³/mol. The van der Waals surface area contributed by atoms with E-state index in [2.05, 4.69) is 5.32 Å². The van der Waals surface area contributed by atoms with E-state index in [1.807, 2.05) is 0 Å². The summed E-state index contributed by atoms with van der Waals surface area (Å²) in [7, 11) is 0. The molecule has 2 aliphatic rings. The number of hydrogen-bond acceptors (Lipinski definition) is 5. The normalized spacial score (nSPS) is 20.6. The van der Waals surface area contributed by atoms with Crippen LogP contribution in [0, 0.1) is 0 Å². The van der Waals surface area contributed by atoms with Crippen LogP contribution in [0.4, 0.5) is 0 Å². The quantitative estimate of drug-likeness (QED) is 0.645. The highest BCUT2D eigenvalue weighted by Crippen LogP contribution is 2.30. The number of amides is 4. The van der Waals surface area contributed by atoms with Gasteiger partial charge < -0.3 is 4.74 Å². The SMILES string of the molecule is O=C1CCC(N2C(=O)c3ccc(OCCCl)cc3C2=O)C(=O)N1. The van der Waals surface area contributed by atoms with Crippen molar-refractivity contribution in [1.82, 2.24) is 10.2 Å². The Hall–Kier alpha value is -2.41. The van der Waals surface area contributed by atoms with E-state index < -0.39 is 29.7 Å². The zero-order chi connectivity index (χ0) is 16.6. The number of halogens is 1. The van der Waals surface area contributed by atoms with E-state index in [1.165, 1.54) is 12.1 Å². The molecule has 120 valence electrons. The smallest absolute Gasteiger partial charge is 0.262 e. The fourth-order valence-corrected chi connectivity index (χ4v) is 2.77. The van der Waals surface area contributed by atoms with Crippen molar-refractivity contribution in [2.45, 2.75) is 18.9 Å². The largest absolute Gasteiger partial charge is 0.492 e. The van der Waals surface area contributed by atoms with Gasteiger partial charge in [0.1, 0.15) is 18.4 Å². The summed E-state index contributed by atoms with van der Waals surface area (Å²) in [5.74, 6) is -1.41. The summed E-state index contributed by atoms with van der Waals surface area (Å²) in [6.45, 7) is 0.277. The molecule has 0 radical (unpaired) electrons. The average Bonchev–Trinajstić information content (AvgIpc) is 2.77. The minimum absolute atomic E-state index is 0.0912. The number of nitrogens with zero attached hydrogens (tertiary/aromatic N) is 1. The fourth-order valence-electron chi connectivity index (χ4n) is 2.70. The first-order valence-electron chi connectivity index (χ1n) is 7.07. The number of hydrogen-bond donors (Lipinski definition) is 1. The van der Waals surface area contributed by atoms with E-state index in [9.17, 15) is 19.2 Å². The molecule has 8 heteroatoms. The Balaban J connectivity index is 1.88. The Morgan fingerprint density at radius 3 is 2.61 bits per heavy atom. The summed E-state index contributed by atoms with van der Waals surface area (Å²) >= 11 is 5.55. The number of benzene rings is 1. The van der Waals surface area contributed by atoms with Gasteiger partial charge in [0.2, 0.25) is 11.8 Å². The molecule has 0 aromatic heterocycles. The maximum absolute atomic E-state index is 12.5. The van der Waals surface area contributed by atoms with Crippen LogP contribution in [-0.4, -0.2) is 47.1 Å². The maximum atomic E-state index is 12.5. The van der Waals surface area contributed by atoms with Gasteiger partial charge in [0.25, 0.3) is 11.8 Å². The Bertz CT molecular complexity index is 718.